The molecule has 1 atom stereocenters. The number of halogens is 5. The van der Waals surface area contributed by atoms with Crippen LogP contribution in [0.15, 0.2) is 36.5 Å². The molecule has 0 saturated carbocycles. The fourth-order valence-electron chi connectivity index (χ4n) is 3.18. The number of aromatic nitrogens is 1. The van der Waals surface area contributed by atoms with Crippen LogP contribution in [0.4, 0.5) is 22.0 Å². The minimum atomic E-state index is -4.84. The molecule has 0 bridgehead atoms. The Morgan fingerprint density at radius 1 is 1.24 bits per heavy atom. The van der Waals surface area contributed by atoms with Crippen LogP contribution in [-0.4, -0.2) is 70.5 Å². The third kappa shape index (κ3) is 6.56. The maximum atomic E-state index is 14.5. The SMILES string of the molecule is NC(=O)c1cnc([As])c(OC[C@H]2CN(C(=O)Cc3ccc(OC(F)(F)F)cc3)CC2(F)F)c1. The predicted octanol–water partition coefficient (Wildman–Crippen LogP) is 1.59. The van der Waals surface area contributed by atoms with Crippen LogP contribution in [0.25, 0.3) is 0 Å². The molecule has 0 unspecified atom stereocenters. The van der Waals surface area contributed by atoms with Crippen LogP contribution in [0.3, 0.4) is 0 Å². The second-order valence-corrected chi connectivity index (χ2v) is 8.21. The first kappa shape index (κ1) is 24.8. The second kappa shape index (κ2) is 9.54. The van der Waals surface area contributed by atoms with Gasteiger partial charge in [0.1, 0.15) is 5.75 Å². The van der Waals surface area contributed by atoms with E-state index in [0.717, 1.165) is 17.0 Å². The molecular formula is C20H17AsF5N3O4. The van der Waals surface area contributed by atoms with E-state index in [1.807, 2.05) is 0 Å². The van der Waals surface area contributed by atoms with E-state index in [1.165, 1.54) is 24.4 Å². The number of alkyl halides is 5. The molecule has 7 nitrogen and oxygen atoms in total. The Kier molecular flexibility index (Phi) is 7.16. The van der Waals surface area contributed by atoms with Gasteiger partial charge < -0.3 is 4.74 Å². The van der Waals surface area contributed by atoms with E-state index in [0.29, 0.717) is 10.0 Å². The van der Waals surface area contributed by atoms with Crippen molar-refractivity contribution < 1.29 is 41.0 Å². The van der Waals surface area contributed by atoms with Gasteiger partial charge in [0, 0.05) is 0 Å². The first-order chi connectivity index (χ1) is 15.3. The van der Waals surface area contributed by atoms with Crippen LogP contribution < -0.4 is 19.7 Å². The first-order valence-corrected chi connectivity index (χ1v) is 10.4. The van der Waals surface area contributed by atoms with E-state index >= 15 is 0 Å². The van der Waals surface area contributed by atoms with E-state index in [4.69, 9.17) is 10.5 Å². The monoisotopic (exact) mass is 533 g/mol. The summed E-state index contributed by atoms with van der Waals surface area (Å²) in [5.74, 6) is -6.24. The number of ether oxygens (including phenoxy) is 2. The van der Waals surface area contributed by atoms with Crippen molar-refractivity contribution in [3.05, 3.63) is 47.7 Å². The number of hydrogen-bond donors (Lipinski definition) is 1. The Morgan fingerprint density at radius 2 is 1.91 bits per heavy atom. The van der Waals surface area contributed by atoms with Crippen LogP contribution >= 0.6 is 0 Å². The van der Waals surface area contributed by atoms with Gasteiger partial charge in [-0.3, -0.25) is 0 Å². The number of hydrogen-bond acceptors (Lipinski definition) is 5. The average Bonchev–Trinajstić information content (AvgIpc) is 3.02. The number of nitrogens with zero attached hydrogens (tertiary/aromatic N) is 2. The number of amides is 2. The molecule has 1 saturated heterocycles. The van der Waals surface area contributed by atoms with Crippen molar-refractivity contribution in [3.63, 3.8) is 0 Å². The van der Waals surface area contributed by atoms with Gasteiger partial charge >= 0.3 is 170 Å². The molecule has 0 spiro atoms. The summed E-state index contributed by atoms with van der Waals surface area (Å²) >= 11 is 2.08. The summed E-state index contributed by atoms with van der Waals surface area (Å²) in [4.78, 5) is 28.7. The van der Waals surface area contributed by atoms with Gasteiger partial charge in [-0.15, -0.1) is 13.2 Å². The van der Waals surface area contributed by atoms with Gasteiger partial charge in [0.15, 0.2) is 0 Å². The van der Waals surface area contributed by atoms with E-state index in [2.05, 4.69) is 26.6 Å². The summed E-state index contributed by atoms with van der Waals surface area (Å²) in [5.41, 5.74) is 5.59. The van der Waals surface area contributed by atoms with Gasteiger partial charge in [0.25, 0.3) is 0 Å². The molecule has 176 valence electrons. The maximum absolute atomic E-state index is 14.5. The van der Waals surface area contributed by atoms with E-state index in [9.17, 15) is 31.5 Å². The summed E-state index contributed by atoms with van der Waals surface area (Å²) in [6, 6.07) is 5.90. The van der Waals surface area contributed by atoms with Crippen LogP contribution in [0, 0.1) is 5.92 Å². The Hall–Kier alpha value is -2.88. The summed E-state index contributed by atoms with van der Waals surface area (Å²) in [6.45, 7) is -1.53. The molecule has 1 aromatic carbocycles. The summed E-state index contributed by atoms with van der Waals surface area (Å²) < 4.78 is 75.2. The fraction of sp³-hybridized carbons (Fsp3) is 0.350. The topological polar surface area (TPSA) is 94.8 Å². The minimum absolute atomic E-state index is 0.0569. The molecule has 2 heterocycles. The predicted molar refractivity (Wildman–Crippen MR) is 105 cm³/mol. The number of carbonyl (C=O) groups excluding carboxylic acids is 2. The molecular weight excluding hydrogens is 516 g/mol. The van der Waals surface area contributed by atoms with Crippen molar-refractivity contribution in [2.75, 3.05) is 19.7 Å². The zero-order chi connectivity index (χ0) is 24.4. The number of nitrogens with two attached hydrogens (primary N) is 1. The van der Waals surface area contributed by atoms with Crippen molar-refractivity contribution in [1.29, 1.82) is 0 Å². The zero-order valence-corrected chi connectivity index (χ0v) is 18.7. The van der Waals surface area contributed by atoms with Crippen molar-refractivity contribution in [1.82, 2.24) is 9.88 Å². The van der Waals surface area contributed by atoms with Gasteiger partial charge in [0.05, 0.1) is 0 Å². The van der Waals surface area contributed by atoms with Crippen LogP contribution in [0.1, 0.15) is 15.9 Å². The van der Waals surface area contributed by atoms with Crippen LogP contribution in [0.2, 0.25) is 0 Å². The molecule has 13 heteroatoms. The van der Waals surface area contributed by atoms with Crippen molar-refractivity contribution >= 4 is 33.1 Å². The Bertz CT molecular complexity index is 1030. The standard InChI is InChI=1S/C20H17AsF5N3O4/c21-17-15(6-12(7-28-17)18(27)31)32-9-13-8-29(10-19(13,22)23)16(30)5-11-1-3-14(4-2-11)33-20(24,25)26/h1-4,6-7,13H,5,8-10H2,(H2,27,31)/t13-/m1/s1. The third-order valence-corrected chi connectivity index (χ3v) is 5.57. The molecule has 33 heavy (non-hydrogen) atoms. The van der Waals surface area contributed by atoms with Crippen LogP contribution in [-0.2, 0) is 11.2 Å². The molecule has 0 aliphatic carbocycles. The molecule has 1 aliphatic heterocycles. The van der Waals surface area contributed by atoms with E-state index in [1.54, 1.807) is 0 Å². The molecule has 1 aromatic heterocycles. The number of carbonyl (C=O) groups is 2. The third-order valence-electron chi connectivity index (χ3n) is 4.86. The summed E-state index contributed by atoms with van der Waals surface area (Å²) in [6.07, 6.45) is -3.88. The normalized spacial score (nSPS) is 17.6. The van der Waals surface area contributed by atoms with Gasteiger partial charge in [-0.2, -0.15) is 0 Å². The molecule has 1 aliphatic rings. The first-order valence-electron chi connectivity index (χ1n) is 9.46. The molecule has 3 rings (SSSR count). The number of likely N-dealkylation sites (tertiary alicyclic amines) is 1. The number of primary amides is 1. The number of benzene rings is 1. The molecule has 1 fully saturated rings. The fourth-order valence-corrected chi connectivity index (χ4v) is 3.57. The average molecular weight is 533 g/mol. The quantitative estimate of drug-likeness (QED) is 0.431. The zero-order valence-electron chi connectivity index (χ0n) is 16.8. The number of pyridine rings is 1. The second-order valence-electron chi connectivity index (χ2n) is 7.32. The van der Waals surface area contributed by atoms with Gasteiger partial charge in [-0.05, 0) is 0 Å². The number of rotatable bonds is 7. The Balaban J connectivity index is 1.60. The molecule has 2 N–H and O–H groups in total. The van der Waals surface area contributed by atoms with Gasteiger partial charge in [-0.25, -0.2) is 0 Å². The Morgan fingerprint density at radius 3 is 2.52 bits per heavy atom. The van der Waals surface area contributed by atoms with E-state index < -0.39 is 48.9 Å². The van der Waals surface area contributed by atoms with E-state index in [-0.39, 0.29) is 24.3 Å². The summed E-state index contributed by atoms with van der Waals surface area (Å²) in [7, 11) is 0. The molecule has 2 amide bonds. The summed E-state index contributed by atoms with van der Waals surface area (Å²) in [5, 5.41) is 0. The van der Waals surface area contributed by atoms with Crippen LogP contribution in [0.5, 0.6) is 11.5 Å². The van der Waals surface area contributed by atoms with Gasteiger partial charge in [-0.1, -0.05) is 0 Å². The Labute approximate surface area is 193 Å². The molecule has 2 radical (unpaired) electrons. The van der Waals surface area contributed by atoms with Crippen molar-refractivity contribution in [2.45, 2.75) is 18.7 Å². The van der Waals surface area contributed by atoms with Crippen molar-refractivity contribution in [3.8, 4) is 11.5 Å². The van der Waals surface area contributed by atoms with Crippen molar-refractivity contribution in [2.24, 2.45) is 11.7 Å². The van der Waals surface area contributed by atoms with Gasteiger partial charge in [0.2, 0.25) is 0 Å². The molecule has 2 aromatic rings.